The van der Waals surface area contributed by atoms with Gasteiger partial charge in [-0.2, -0.15) is 0 Å². The summed E-state index contributed by atoms with van der Waals surface area (Å²) >= 11 is 0. The lowest BCUT2D eigenvalue weighted by atomic mass is 10.1. The standard InChI is InChI=1S/C37H42N2/c1-3-4-5-6-7-14-25-39(29-31-22-24-33-16-9-11-18-35(33)27-31)37-20-13-12-19-36(37)38(2)28-30-21-23-32-15-8-10-17-34(32)26-30/h8-13,15-24,26-27H,3-7,14,25,28-29H2,1-2H3. The number of para-hydroxylation sites is 2. The largest absolute Gasteiger partial charge is 0.369 e. The molecule has 0 unspecified atom stereocenters. The first-order valence-electron chi connectivity index (χ1n) is 14.7. The summed E-state index contributed by atoms with van der Waals surface area (Å²) in [7, 11) is 2.23. The minimum Gasteiger partial charge on any atom is -0.369 e. The molecule has 0 bridgehead atoms. The molecule has 2 heteroatoms. The average Bonchev–Trinajstić information content (AvgIpc) is 2.98. The predicted molar refractivity (Wildman–Crippen MR) is 171 cm³/mol. The van der Waals surface area contributed by atoms with Gasteiger partial charge in [0.15, 0.2) is 0 Å². The van der Waals surface area contributed by atoms with Crippen LogP contribution in [-0.4, -0.2) is 13.6 Å². The predicted octanol–water partition coefficient (Wildman–Crippen LogP) is 10.00. The Hall–Kier alpha value is -3.78. The molecule has 0 aliphatic heterocycles. The van der Waals surface area contributed by atoms with Gasteiger partial charge < -0.3 is 9.80 Å². The van der Waals surface area contributed by atoms with Crippen molar-refractivity contribution in [2.24, 2.45) is 0 Å². The Balaban J connectivity index is 1.38. The molecule has 0 aromatic heterocycles. The molecular formula is C37H42N2. The van der Waals surface area contributed by atoms with Gasteiger partial charge in [-0.1, -0.05) is 124 Å². The second-order valence-electron chi connectivity index (χ2n) is 10.9. The van der Waals surface area contributed by atoms with Crippen molar-refractivity contribution in [3.05, 3.63) is 120 Å². The van der Waals surface area contributed by atoms with Gasteiger partial charge in [-0.05, 0) is 63.4 Å². The Bertz CT molecular complexity index is 1490. The van der Waals surface area contributed by atoms with Gasteiger partial charge in [-0.25, -0.2) is 0 Å². The second kappa shape index (κ2) is 13.3. The van der Waals surface area contributed by atoms with Crippen molar-refractivity contribution in [1.82, 2.24) is 0 Å². The summed E-state index contributed by atoms with van der Waals surface area (Å²) in [5, 5.41) is 5.22. The Morgan fingerprint density at radius 1 is 0.487 bits per heavy atom. The van der Waals surface area contributed by atoms with Crippen LogP contribution in [-0.2, 0) is 13.1 Å². The highest BCUT2D eigenvalue weighted by molar-refractivity contribution is 5.84. The minimum atomic E-state index is 0.878. The second-order valence-corrected chi connectivity index (χ2v) is 10.9. The molecule has 0 fully saturated rings. The maximum Gasteiger partial charge on any atom is 0.0607 e. The summed E-state index contributed by atoms with van der Waals surface area (Å²) in [4.78, 5) is 5.02. The molecule has 0 aliphatic carbocycles. The first-order valence-corrected chi connectivity index (χ1v) is 14.7. The van der Waals surface area contributed by atoms with E-state index >= 15 is 0 Å². The van der Waals surface area contributed by atoms with Crippen LogP contribution in [0, 0.1) is 0 Å². The average molecular weight is 515 g/mol. The summed E-state index contributed by atoms with van der Waals surface area (Å²) < 4.78 is 0. The lowest BCUT2D eigenvalue weighted by molar-refractivity contribution is 0.597. The van der Waals surface area contributed by atoms with E-state index in [1.165, 1.54) is 82.6 Å². The quantitative estimate of drug-likeness (QED) is 0.144. The smallest absolute Gasteiger partial charge is 0.0607 e. The Kier molecular flexibility index (Phi) is 9.17. The Labute approximate surface area is 234 Å². The van der Waals surface area contributed by atoms with Crippen molar-refractivity contribution < 1.29 is 0 Å². The number of fused-ring (bicyclic) bond motifs is 2. The molecule has 2 nitrogen and oxygen atoms in total. The number of nitrogens with zero attached hydrogens (tertiary/aromatic N) is 2. The van der Waals surface area contributed by atoms with Gasteiger partial charge >= 0.3 is 0 Å². The minimum absolute atomic E-state index is 0.878. The number of benzene rings is 5. The third kappa shape index (κ3) is 7.00. The molecule has 0 amide bonds. The molecular weight excluding hydrogens is 472 g/mol. The topological polar surface area (TPSA) is 6.48 Å². The van der Waals surface area contributed by atoms with Crippen molar-refractivity contribution in [2.75, 3.05) is 23.4 Å². The van der Waals surface area contributed by atoms with E-state index in [1.807, 2.05) is 0 Å². The zero-order chi connectivity index (χ0) is 26.9. The van der Waals surface area contributed by atoms with E-state index in [9.17, 15) is 0 Å². The first kappa shape index (κ1) is 26.8. The van der Waals surface area contributed by atoms with Crippen molar-refractivity contribution in [2.45, 2.75) is 58.5 Å². The number of unbranched alkanes of at least 4 members (excludes halogenated alkanes) is 5. The first-order chi connectivity index (χ1) is 19.2. The van der Waals surface area contributed by atoms with Gasteiger partial charge in [0.05, 0.1) is 11.4 Å². The van der Waals surface area contributed by atoms with Gasteiger partial charge in [-0.15, -0.1) is 0 Å². The van der Waals surface area contributed by atoms with Crippen LogP contribution in [0.2, 0.25) is 0 Å². The summed E-state index contributed by atoms with van der Waals surface area (Å²) in [5.41, 5.74) is 5.31. The maximum absolute atomic E-state index is 2.61. The van der Waals surface area contributed by atoms with E-state index in [2.05, 4.69) is 133 Å². The van der Waals surface area contributed by atoms with Crippen LogP contribution in [0.1, 0.15) is 56.6 Å². The molecule has 0 saturated heterocycles. The molecule has 5 aromatic carbocycles. The van der Waals surface area contributed by atoms with Crippen molar-refractivity contribution in [1.29, 1.82) is 0 Å². The fourth-order valence-corrected chi connectivity index (χ4v) is 5.68. The van der Waals surface area contributed by atoms with E-state index in [1.54, 1.807) is 0 Å². The fourth-order valence-electron chi connectivity index (χ4n) is 5.68. The molecule has 39 heavy (non-hydrogen) atoms. The molecule has 0 saturated carbocycles. The van der Waals surface area contributed by atoms with E-state index in [0.29, 0.717) is 0 Å². The van der Waals surface area contributed by atoms with Crippen LogP contribution < -0.4 is 9.80 Å². The molecule has 200 valence electrons. The maximum atomic E-state index is 2.61. The van der Waals surface area contributed by atoms with E-state index < -0.39 is 0 Å². The van der Waals surface area contributed by atoms with Gasteiger partial charge in [0.1, 0.15) is 0 Å². The SMILES string of the molecule is CCCCCCCCN(Cc1ccc2ccccc2c1)c1ccccc1N(C)Cc1ccc2ccccc2c1. The third-order valence-electron chi connectivity index (χ3n) is 7.84. The number of hydrogen-bond acceptors (Lipinski definition) is 2. The third-order valence-corrected chi connectivity index (χ3v) is 7.84. The van der Waals surface area contributed by atoms with Gasteiger partial charge in [-0.3, -0.25) is 0 Å². The summed E-state index contributed by atoms with van der Waals surface area (Å²) in [6.07, 6.45) is 7.85. The molecule has 0 aliphatic rings. The van der Waals surface area contributed by atoms with Crippen LogP contribution in [0.15, 0.2) is 109 Å². The number of rotatable bonds is 13. The zero-order valence-corrected chi connectivity index (χ0v) is 23.7. The molecule has 0 radical (unpaired) electrons. The van der Waals surface area contributed by atoms with Crippen LogP contribution >= 0.6 is 0 Å². The number of anilines is 2. The molecule has 0 spiro atoms. The van der Waals surface area contributed by atoms with Crippen LogP contribution in [0.3, 0.4) is 0 Å². The van der Waals surface area contributed by atoms with Crippen LogP contribution in [0.25, 0.3) is 21.5 Å². The molecule has 0 N–H and O–H groups in total. The highest BCUT2D eigenvalue weighted by Crippen LogP contribution is 2.32. The van der Waals surface area contributed by atoms with Crippen molar-refractivity contribution in [3.8, 4) is 0 Å². The van der Waals surface area contributed by atoms with Crippen LogP contribution in [0.5, 0.6) is 0 Å². The normalized spacial score (nSPS) is 11.2. The summed E-state index contributed by atoms with van der Waals surface area (Å²) in [6, 6.07) is 40.0. The lowest BCUT2D eigenvalue weighted by Gasteiger charge is -2.31. The highest BCUT2D eigenvalue weighted by atomic mass is 15.2. The highest BCUT2D eigenvalue weighted by Gasteiger charge is 2.15. The summed E-state index contributed by atoms with van der Waals surface area (Å²) in [5.74, 6) is 0. The van der Waals surface area contributed by atoms with E-state index in [0.717, 1.165) is 19.6 Å². The zero-order valence-electron chi connectivity index (χ0n) is 23.7. The van der Waals surface area contributed by atoms with E-state index in [4.69, 9.17) is 0 Å². The molecule has 0 heterocycles. The molecule has 5 rings (SSSR count). The van der Waals surface area contributed by atoms with Gasteiger partial charge in [0.25, 0.3) is 0 Å². The van der Waals surface area contributed by atoms with Gasteiger partial charge in [0.2, 0.25) is 0 Å². The van der Waals surface area contributed by atoms with Crippen molar-refractivity contribution in [3.63, 3.8) is 0 Å². The lowest BCUT2D eigenvalue weighted by Crippen LogP contribution is -2.27. The Morgan fingerprint density at radius 2 is 1.00 bits per heavy atom. The van der Waals surface area contributed by atoms with Crippen molar-refractivity contribution >= 4 is 32.9 Å². The molecule has 5 aromatic rings. The monoisotopic (exact) mass is 514 g/mol. The van der Waals surface area contributed by atoms with Crippen LogP contribution in [0.4, 0.5) is 11.4 Å². The summed E-state index contributed by atoms with van der Waals surface area (Å²) in [6.45, 7) is 5.15. The van der Waals surface area contributed by atoms with Gasteiger partial charge in [0, 0.05) is 26.7 Å². The number of hydrogen-bond donors (Lipinski definition) is 0. The fraction of sp³-hybridized carbons (Fsp3) is 0.297. The Morgan fingerprint density at radius 3 is 1.64 bits per heavy atom. The molecule has 0 atom stereocenters. The van der Waals surface area contributed by atoms with E-state index in [-0.39, 0.29) is 0 Å².